The van der Waals surface area contributed by atoms with Crippen LogP contribution in [-0.2, 0) is 13.0 Å². The Hall–Kier alpha value is -0.540. The second-order valence-corrected chi connectivity index (χ2v) is 5.20. The number of nitrogens with zero attached hydrogens (tertiary/aromatic N) is 2. The third kappa shape index (κ3) is 3.23. The van der Waals surface area contributed by atoms with Crippen molar-refractivity contribution in [2.24, 2.45) is 5.92 Å². The zero-order valence-corrected chi connectivity index (χ0v) is 11.5. The number of hydrogen-bond donors (Lipinski definition) is 1. The van der Waals surface area contributed by atoms with Gasteiger partial charge in [-0.05, 0) is 45.1 Å². The number of hydrogen-bond acceptors (Lipinski definition) is 2. The smallest absolute Gasteiger partial charge is 0.0817 e. The van der Waals surface area contributed by atoms with Crippen LogP contribution in [0.1, 0.15) is 38.8 Å². The molecule has 0 aliphatic heterocycles. The minimum atomic E-state index is 0.663. The Balaban J connectivity index is 1.93. The van der Waals surface area contributed by atoms with Gasteiger partial charge < -0.3 is 5.32 Å². The number of aromatic nitrogens is 2. The van der Waals surface area contributed by atoms with E-state index in [0.29, 0.717) is 6.04 Å². The summed E-state index contributed by atoms with van der Waals surface area (Å²) in [6.45, 7) is 6.24. The van der Waals surface area contributed by atoms with E-state index in [1.54, 1.807) is 6.20 Å². The van der Waals surface area contributed by atoms with Crippen LogP contribution in [-0.4, -0.2) is 22.4 Å². The molecule has 1 fully saturated rings. The van der Waals surface area contributed by atoms with E-state index in [0.717, 1.165) is 30.5 Å². The Labute approximate surface area is 109 Å². The molecule has 0 spiro atoms. The third-order valence-corrected chi connectivity index (χ3v) is 3.86. The van der Waals surface area contributed by atoms with E-state index in [1.165, 1.54) is 25.0 Å². The first-order valence-electron chi connectivity index (χ1n) is 6.69. The fraction of sp³-hybridized carbons (Fsp3) is 0.769. The summed E-state index contributed by atoms with van der Waals surface area (Å²) in [6, 6.07) is 0.663. The lowest BCUT2D eigenvalue weighted by Gasteiger charge is -2.17. The van der Waals surface area contributed by atoms with Crippen molar-refractivity contribution in [3.05, 3.63) is 16.9 Å². The van der Waals surface area contributed by atoms with Crippen LogP contribution in [0.3, 0.4) is 0 Å². The molecule has 1 aliphatic carbocycles. The minimum absolute atomic E-state index is 0.663. The highest BCUT2D eigenvalue weighted by Crippen LogP contribution is 2.34. The summed E-state index contributed by atoms with van der Waals surface area (Å²) >= 11 is 6.18. The molecule has 1 saturated carbocycles. The molecule has 2 rings (SSSR count). The van der Waals surface area contributed by atoms with Crippen molar-refractivity contribution in [1.29, 1.82) is 0 Å². The molecule has 1 unspecified atom stereocenters. The lowest BCUT2D eigenvalue weighted by Crippen LogP contribution is -2.31. The van der Waals surface area contributed by atoms with Crippen LogP contribution < -0.4 is 5.32 Å². The maximum Gasteiger partial charge on any atom is 0.0817 e. The number of aryl methyl sites for hydroxylation is 1. The monoisotopic (exact) mass is 255 g/mol. The quantitative estimate of drug-likeness (QED) is 0.812. The van der Waals surface area contributed by atoms with Crippen molar-refractivity contribution in [1.82, 2.24) is 15.1 Å². The Morgan fingerprint density at radius 3 is 2.88 bits per heavy atom. The van der Waals surface area contributed by atoms with Gasteiger partial charge in [-0.3, -0.25) is 4.68 Å². The Morgan fingerprint density at radius 2 is 2.29 bits per heavy atom. The SMILES string of the molecule is CCNC(CCc1c(Cl)cnn1CC)C1CC1. The van der Waals surface area contributed by atoms with Crippen LogP contribution >= 0.6 is 11.6 Å². The average molecular weight is 256 g/mol. The molecular formula is C13H22ClN3. The summed E-state index contributed by atoms with van der Waals surface area (Å²) in [4.78, 5) is 0. The molecule has 0 amide bonds. The van der Waals surface area contributed by atoms with E-state index < -0.39 is 0 Å². The Morgan fingerprint density at radius 1 is 1.53 bits per heavy atom. The molecule has 3 nitrogen and oxygen atoms in total. The summed E-state index contributed by atoms with van der Waals surface area (Å²) in [6.07, 6.45) is 6.74. The van der Waals surface area contributed by atoms with Gasteiger partial charge in [0.25, 0.3) is 0 Å². The van der Waals surface area contributed by atoms with Crippen LogP contribution in [0, 0.1) is 5.92 Å². The summed E-state index contributed by atoms with van der Waals surface area (Å²) < 4.78 is 2.01. The van der Waals surface area contributed by atoms with Gasteiger partial charge >= 0.3 is 0 Å². The predicted molar refractivity (Wildman–Crippen MR) is 71.4 cm³/mol. The molecule has 96 valence electrons. The van der Waals surface area contributed by atoms with Gasteiger partial charge in [-0.1, -0.05) is 18.5 Å². The highest BCUT2D eigenvalue weighted by atomic mass is 35.5. The van der Waals surface area contributed by atoms with Crippen molar-refractivity contribution in [2.45, 2.75) is 52.1 Å². The zero-order chi connectivity index (χ0) is 12.3. The van der Waals surface area contributed by atoms with Crippen molar-refractivity contribution >= 4 is 11.6 Å². The summed E-state index contributed by atoms with van der Waals surface area (Å²) in [5.41, 5.74) is 1.19. The van der Waals surface area contributed by atoms with Gasteiger partial charge in [0, 0.05) is 12.6 Å². The lowest BCUT2D eigenvalue weighted by atomic mass is 10.1. The molecule has 1 N–H and O–H groups in total. The topological polar surface area (TPSA) is 29.9 Å². The van der Waals surface area contributed by atoms with Gasteiger partial charge in [0.15, 0.2) is 0 Å². The Bertz CT molecular complexity index is 358. The fourth-order valence-corrected chi connectivity index (χ4v) is 2.70. The molecular weight excluding hydrogens is 234 g/mol. The molecule has 1 aromatic heterocycles. The average Bonchev–Trinajstić information content (AvgIpc) is 3.10. The van der Waals surface area contributed by atoms with E-state index >= 15 is 0 Å². The van der Waals surface area contributed by atoms with E-state index in [1.807, 2.05) is 4.68 Å². The van der Waals surface area contributed by atoms with E-state index in [2.05, 4.69) is 24.3 Å². The largest absolute Gasteiger partial charge is 0.314 e. The van der Waals surface area contributed by atoms with Gasteiger partial charge in [-0.25, -0.2) is 0 Å². The molecule has 1 heterocycles. The highest BCUT2D eigenvalue weighted by molar-refractivity contribution is 6.31. The number of halogens is 1. The predicted octanol–water partition coefficient (Wildman–Crippen LogP) is 2.88. The second-order valence-electron chi connectivity index (χ2n) is 4.80. The first-order valence-corrected chi connectivity index (χ1v) is 7.07. The number of rotatable bonds is 7. The molecule has 17 heavy (non-hydrogen) atoms. The van der Waals surface area contributed by atoms with Crippen molar-refractivity contribution in [3.8, 4) is 0 Å². The normalized spacial score (nSPS) is 17.4. The van der Waals surface area contributed by atoms with Crippen LogP contribution in [0.2, 0.25) is 5.02 Å². The number of nitrogens with one attached hydrogen (secondary N) is 1. The molecule has 0 bridgehead atoms. The summed E-state index contributed by atoms with van der Waals surface area (Å²) in [5.74, 6) is 0.895. The molecule has 1 aromatic rings. The van der Waals surface area contributed by atoms with Gasteiger partial charge in [0.05, 0.1) is 16.9 Å². The maximum absolute atomic E-state index is 6.18. The van der Waals surface area contributed by atoms with Crippen molar-refractivity contribution in [2.75, 3.05) is 6.54 Å². The van der Waals surface area contributed by atoms with Crippen LogP contribution in [0.15, 0.2) is 6.20 Å². The fourth-order valence-electron chi connectivity index (χ4n) is 2.47. The summed E-state index contributed by atoms with van der Waals surface area (Å²) in [5, 5.41) is 8.69. The Kier molecular flexibility index (Phi) is 4.46. The first kappa shape index (κ1) is 12.9. The van der Waals surface area contributed by atoms with Crippen LogP contribution in [0.4, 0.5) is 0 Å². The van der Waals surface area contributed by atoms with E-state index in [4.69, 9.17) is 11.6 Å². The minimum Gasteiger partial charge on any atom is -0.314 e. The third-order valence-electron chi connectivity index (χ3n) is 3.55. The summed E-state index contributed by atoms with van der Waals surface area (Å²) in [7, 11) is 0. The van der Waals surface area contributed by atoms with Gasteiger partial charge in [-0.2, -0.15) is 5.10 Å². The van der Waals surface area contributed by atoms with Gasteiger partial charge in [0.2, 0.25) is 0 Å². The molecule has 4 heteroatoms. The zero-order valence-electron chi connectivity index (χ0n) is 10.7. The highest BCUT2D eigenvalue weighted by Gasteiger charge is 2.30. The van der Waals surface area contributed by atoms with Crippen molar-refractivity contribution in [3.63, 3.8) is 0 Å². The molecule has 1 atom stereocenters. The van der Waals surface area contributed by atoms with Crippen molar-refractivity contribution < 1.29 is 0 Å². The van der Waals surface area contributed by atoms with Gasteiger partial charge in [-0.15, -0.1) is 0 Å². The van der Waals surface area contributed by atoms with Crippen LogP contribution in [0.5, 0.6) is 0 Å². The van der Waals surface area contributed by atoms with Gasteiger partial charge in [0.1, 0.15) is 0 Å². The van der Waals surface area contributed by atoms with E-state index in [9.17, 15) is 0 Å². The standard InChI is InChI=1S/C13H22ClN3/c1-3-15-12(10-5-6-10)7-8-13-11(14)9-16-17(13)4-2/h9-10,12,15H,3-8H2,1-2H3. The first-order chi connectivity index (χ1) is 8.26. The maximum atomic E-state index is 6.18. The molecule has 0 radical (unpaired) electrons. The molecule has 1 aliphatic rings. The molecule has 0 saturated heterocycles. The van der Waals surface area contributed by atoms with E-state index in [-0.39, 0.29) is 0 Å². The second kappa shape index (κ2) is 5.87. The lowest BCUT2D eigenvalue weighted by molar-refractivity contribution is 0.439. The molecule has 0 aromatic carbocycles. The van der Waals surface area contributed by atoms with Crippen LogP contribution in [0.25, 0.3) is 0 Å².